The van der Waals surface area contributed by atoms with E-state index in [4.69, 9.17) is 4.74 Å². The molecule has 0 N–H and O–H groups in total. The van der Waals surface area contributed by atoms with Crippen molar-refractivity contribution in [3.8, 4) is 5.75 Å². The van der Waals surface area contributed by atoms with Crippen LogP contribution in [-0.4, -0.2) is 6.61 Å². The van der Waals surface area contributed by atoms with Gasteiger partial charge in [-0.05, 0) is 36.3 Å². The Balaban J connectivity index is 2.14. The van der Waals surface area contributed by atoms with E-state index in [9.17, 15) is 0 Å². The smallest absolute Gasteiger partial charge is 0.127 e. The van der Waals surface area contributed by atoms with E-state index in [-0.39, 0.29) is 0 Å². The molecule has 0 spiro atoms. The van der Waals surface area contributed by atoms with Crippen LogP contribution < -0.4 is 4.74 Å². The van der Waals surface area contributed by atoms with E-state index in [1.54, 1.807) is 0 Å². The molecule has 3 rings (SSSR count). The molecule has 0 aliphatic carbocycles. The van der Waals surface area contributed by atoms with Crippen LogP contribution in [0, 0.1) is 6.92 Å². The maximum absolute atomic E-state index is 5.65. The molecular weight excluding hydrogens is 208 g/mol. The molecule has 2 aromatic carbocycles. The first-order valence-corrected chi connectivity index (χ1v) is 5.84. The first-order chi connectivity index (χ1) is 8.34. The van der Waals surface area contributed by atoms with Gasteiger partial charge < -0.3 is 4.74 Å². The third-order valence-electron chi connectivity index (χ3n) is 3.04. The molecule has 0 atom stereocenters. The summed E-state index contributed by atoms with van der Waals surface area (Å²) >= 11 is 0. The summed E-state index contributed by atoms with van der Waals surface area (Å²) in [6.07, 6.45) is 2.15. The zero-order valence-electron chi connectivity index (χ0n) is 9.81. The topological polar surface area (TPSA) is 9.23 Å². The predicted octanol–water partition coefficient (Wildman–Crippen LogP) is 3.82. The van der Waals surface area contributed by atoms with E-state index < -0.39 is 0 Å². The van der Waals surface area contributed by atoms with Gasteiger partial charge in [-0.25, -0.2) is 0 Å². The Labute approximate surface area is 101 Å². The Kier molecular flexibility index (Phi) is 2.45. The van der Waals surface area contributed by atoms with E-state index in [1.165, 1.54) is 22.3 Å². The van der Waals surface area contributed by atoms with Gasteiger partial charge in [-0.3, -0.25) is 0 Å². The Bertz CT molecular complexity index is 567. The van der Waals surface area contributed by atoms with Crippen LogP contribution in [-0.2, 0) is 0 Å². The van der Waals surface area contributed by atoms with Gasteiger partial charge in [-0.2, -0.15) is 0 Å². The van der Waals surface area contributed by atoms with Gasteiger partial charge in [-0.1, -0.05) is 42.0 Å². The molecule has 1 heterocycles. The van der Waals surface area contributed by atoms with Gasteiger partial charge in [0.05, 0.1) is 0 Å². The summed E-state index contributed by atoms with van der Waals surface area (Å²) in [5.74, 6) is 0.983. The molecule has 0 unspecified atom stereocenters. The van der Waals surface area contributed by atoms with Crippen molar-refractivity contribution in [1.82, 2.24) is 0 Å². The van der Waals surface area contributed by atoms with Crippen LogP contribution >= 0.6 is 0 Å². The maximum Gasteiger partial charge on any atom is 0.127 e. The molecule has 0 bridgehead atoms. The van der Waals surface area contributed by atoms with Crippen molar-refractivity contribution in [3.05, 3.63) is 71.3 Å². The molecule has 0 fully saturated rings. The Hall–Kier alpha value is -2.02. The second-order valence-electron chi connectivity index (χ2n) is 4.29. The van der Waals surface area contributed by atoms with Gasteiger partial charge >= 0.3 is 0 Å². The Morgan fingerprint density at radius 3 is 2.65 bits per heavy atom. The van der Waals surface area contributed by atoms with Crippen LogP contribution in [0.2, 0.25) is 0 Å². The molecule has 1 aliphatic heterocycles. The average Bonchev–Trinajstić information content (AvgIpc) is 2.39. The number of hydrogen-bond donors (Lipinski definition) is 0. The molecule has 1 nitrogen and oxygen atoms in total. The second kappa shape index (κ2) is 4.10. The molecule has 17 heavy (non-hydrogen) atoms. The fraction of sp³-hybridized carbons (Fsp3) is 0.125. The normalized spacial score (nSPS) is 13.6. The molecule has 2 aromatic rings. The summed E-state index contributed by atoms with van der Waals surface area (Å²) in [4.78, 5) is 0. The highest BCUT2D eigenvalue weighted by molar-refractivity contribution is 5.84. The number of rotatable bonds is 1. The molecule has 1 heteroatoms. The lowest BCUT2D eigenvalue weighted by Gasteiger charge is -2.19. The number of ether oxygens (including phenoxy) is 1. The third-order valence-corrected chi connectivity index (χ3v) is 3.04. The Morgan fingerprint density at radius 2 is 1.82 bits per heavy atom. The highest BCUT2D eigenvalue weighted by Gasteiger charge is 2.14. The van der Waals surface area contributed by atoms with Crippen molar-refractivity contribution in [2.24, 2.45) is 0 Å². The van der Waals surface area contributed by atoms with Crippen molar-refractivity contribution < 1.29 is 4.74 Å². The summed E-state index contributed by atoms with van der Waals surface area (Å²) in [5.41, 5.74) is 4.98. The van der Waals surface area contributed by atoms with E-state index in [1.807, 2.05) is 6.07 Å². The van der Waals surface area contributed by atoms with Gasteiger partial charge in [0.2, 0.25) is 0 Å². The minimum absolute atomic E-state index is 0.653. The van der Waals surface area contributed by atoms with Crippen LogP contribution in [0.5, 0.6) is 5.75 Å². The number of fused-ring (bicyclic) bond motifs is 1. The summed E-state index contributed by atoms with van der Waals surface area (Å²) in [7, 11) is 0. The van der Waals surface area contributed by atoms with Crippen molar-refractivity contribution in [2.75, 3.05) is 6.61 Å². The van der Waals surface area contributed by atoms with E-state index in [0.29, 0.717) is 6.61 Å². The molecule has 0 saturated carbocycles. The molecule has 0 aromatic heterocycles. The third kappa shape index (κ3) is 1.84. The zero-order chi connectivity index (χ0) is 11.7. The fourth-order valence-electron chi connectivity index (χ4n) is 2.20. The van der Waals surface area contributed by atoms with Crippen molar-refractivity contribution in [2.45, 2.75) is 6.92 Å². The van der Waals surface area contributed by atoms with Gasteiger partial charge in [0.15, 0.2) is 0 Å². The summed E-state index contributed by atoms with van der Waals surface area (Å²) in [6.45, 7) is 2.76. The molecule has 0 amide bonds. The quantitative estimate of drug-likeness (QED) is 0.712. The summed E-state index contributed by atoms with van der Waals surface area (Å²) < 4.78 is 5.65. The second-order valence-corrected chi connectivity index (χ2v) is 4.29. The van der Waals surface area contributed by atoms with Crippen LogP contribution in [0.3, 0.4) is 0 Å². The van der Waals surface area contributed by atoms with Crippen molar-refractivity contribution in [1.29, 1.82) is 0 Å². The zero-order valence-corrected chi connectivity index (χ0v) is 9.81. The molecule has 0 saturated heterocycles. The van der Waals surface area contributed by atoms with Gasteiger partial charge in [-0.15, -0.1) is 0 Å². The van der Waals surface area contributed by atoms with Gasteiger partial charge in [0, 0.05) is 5.56 Å². The van der Waals surface area contributed by atoms with Gasteiger partial charge in [0.25, 0.3) is 0 Å². The minimum Gasteiger partial charge on any atom is -0.489 e. The lowest BCUT2D eigenvalue weighted by molar-refractivity contribution is 0.357. The van der Waals surface area contributed by atoms with Gasteiger partial charge in [0.1, 0.15) is 12.4 Å². The van der Waals surface area contributed by atoms with Crippen molar-refractivity contribution >= 4 is 5.57 Å². The first kappa shape index (κ1) is 10.2. The highest BCUT2D eigenvalue weighted by Crippen LogP contribution is 2.34. The van der Waals surface area contributed by atoms with Crippen LogP contribution in [0.1, 0.15) is 16.7 Å². The standard InChI is InChI=1S/C16H14O/c1-12-7-8-16-15(11-12)14(9-10-17-16)13-5-3-2-4-6-13/h2-9,11H,10H2,1H3. The van der Waals surface area contributed by atoms with E-state index in [2.05, 4.69) is 55.5 Å². The fourth-order valence-corrected chi connectivity index (χ4v) is 2.20. The van der Waals surface area contributed by atoms with E-state index >= 15 is 0 Å². The summed E-state index contributed by atoms with van der Waals surface area (Å²) in [6, 6.07) is 16.8. The summed E-state index contributed by atoms with van der Waals surface area (Å²) in [5, 5.41) is 0. The van der Waals surface area contributed by atoms with Crippen LogP contribution in [0.15, 0.2) is 54.6 Å². The monoisotopic (exact) mass is 222 g/mol. The predicted molar refractivity (Wildman–Crippen MR) is 70.2 cm³/mol. The lowest BCUT2D eigenvalue weighted by Crippen LogP contribution is -2.05. The maximum atomic E-state index is 5.65. The highest BCUT2D eigenvalue weighted by atomic mass is 16.5. The Morgan fingerprint density at radius 1 is 1.00 bits per heavy atom. The average molecular weight is 222 g/mol. The SMILES string of the molecule is Cc1ccc2c(c1)C(c1ccccc1)=CCO2. The molecule has 1 aliphatic rings. The first-order valence-electron chi connectivity index (χ1n) is 5.84. The number of hydrogen-bond acceptors (Lipinski definition) is 1. The number of benzene rings is 2. The number of aryl methyl sites for hydroxylation is 1. The van der Waals surface area contributed by atoms with Crippen LogP contribution in [0.4, 0.5) is 0 Å². The molecular formula is C16H14O. The largest absolute Gasteiger partial charge is 0.489 e. The molecule has 0 radical (unpaired) electrons. The minimum atomic E-state index is 0.653. The van der Waals surface area contributed by atoms with E-state index in [0.717, 1.165) is 5.75 Å². The molecule has 84 valence electrons. The van der Waals surface area contributed by atoms with Crippen LogP contribution in [0.25, 0.3) is 5.57 Å². The lowest BCUT2D eigenvalue weighted by atomic mass is 9.94. The van der Waals surface area contributed by atoms with Crippen molar-refractivity contribution in [3.63, 3.8) is 0 Å².